The van der Waals surface area contributed by atoms with Crippen LogP contribution in [0.4, 0.5) is 4.79 Å². The number of sulfone groups is 1. The summed E-state index contributed by atoms with van der Waals surface area (Å²) in [6.07, 6.45) is 0.236. The van der Waals surface area contributed by atoms with Crippen LogP contribution in [0.15, 0.2) is 30.3 Å². The lowest BCUT2D eigenvalue weighted by molar-refractivity contribution is -0.154. The number of carbonyl (C=O) groups excluding carboxylic acids is 3. The van der Waals surface area contributed by atoms with Crippen molar-refractivity contribution >= 4 is 27.8 Å². The zero-order chi connectivity index (χ0) is 26.7. The number of ether oxygens (including phenoxy) is 2. The Morgan fingerprint density at radius 2 is 1.75 bits per heavy atom. The highest BCUT2D eigenvalue weighted by Crippen LogP contribution is 2.31. The highest BCUT2D eigenvalue weighted by molar-refractivity contribution is 7.91. The van der Waals surface area contributed by atoms with Crippen molar-refractivity contribution < 1.29 is 32.3 Å². The third-order valence-corrected chi connectivity index (χ3v) is 8.99. The molecule has 2 aliphatic rings. The van der Waals surface area contributed by atoms with Crippen molar-refractivity contribution in [2.24, 2.45) is 11.8 Å². The van der Waals surface area contributed by atoms with Crippen LogP contribution in [0.1, 0.15) is 53.0 Å². The van der Waals surface area contributed by atoms with Crippen molar-refractivity contribution in [2.75, 3.05) is 25.4 Å². The molecule has 1 unspecified atom stereocenters. The molecule has 2 amide bonds. The first-order valence-corrected chi connectivity index (χ1v) is 14.2. The molecule has 2 heterocycles. The van der Waals surface area contributed by atoms with Crippen LogP contribution in [0.5, 0.6) is 0 Å². The van der Waals surface area contributed by atoms with Gasteiger partial charge >= 0.3 is 12.1 Å². The molecule has 200 valence electrons. The second-order valence-electron chi connectivity index (χ2n) is 10.9. The van der Waals surface area contributed by atoms with Crippen molar-refractivity contribution in [1.29, 1.82) is 0 Å². The zero-order valence-corrected chi connectivity index (χ0v) is 22.6. The Labute approximate surface area is 214 Å². The summed E-state index contributed by atoms with van der Waals surface area (Å²) in [4.78, 5) is 41.8. The number of benzene rings is 1. The Hall–Kier alpha value is -2.62. The van der Waals surface area contributed by atoms with E-state index in [4.69, 9.17) is 9.47 Å². The Balaban J connectivity index is 1.72. The average molecular weight is 523 g/mol. The van der Waals surface area contributed by atoms with Crippen molar-refractivity contribution in [2.45, 2.75) is 71.0 Å². The van der Waals surface area contributed by atoms with Crippen molar-refractivity contribution in [3.05, 3.63) is 35.9 Å². The van der Waals surface area contributed by atoms with Crippen molar-refractivity contribution in [1.82, 2.24) is 9.80 Å². The fraction of sp³-hybridized carbons (Fsp3) is 0.654. The van der Waals surface area contributed by atoms with Crippen LogP contribution in [-0.2, 0) is 35.5 Å². The molecule has 0 N–H and O–H groups in total. The van der Waals surface area contributed by atoms with Gasteiger partial charge in [-0.25, -0.2) is 13.2 Å². The van der Waals surface area contributed by atoms with Gasteiger partial charge in [-0.05, 0) is 53.0 Å². The average Bonchev–Trinajstić information content (AvgIpc) is 3.17. The molecule has 2 aliphatic heterocycles. The van der Waals surface area contributed by atoms with E-state index in [0.717, 1.165) is 5.56 Å². The molecular weight excluding hydrogens is 484 g/mol. The normalized spacial score (nSPS) is 23.2. The van der Waals surface area contributed by atoms with Crippen LogP contribution in [0.3, 0.4) is 0 Å². The van der Waals surface area contributed by atoms with E-state index in [1.54, 1.807) is 39.5 Å². The topological polar surface area (TPSA) is 110 Å². The predicted octanol–water partition coefficient (Wildman–Crippen LogP) is 3.03. The fourth-order valence-electron chi connectivity index (χ4n) is 4.66. The van der Waals surface area contributed by atoms with E-state index < -0.39 is 50.6 Å². The fourth-order valence-corrected chi connectivity index (χ4v) is 5.97. The van der Waals surface area contributed by atoms with E-state index in [1.807, 2.05) is 30.3 Å². The van der Waals surface area contributed by atoms with E-state index in [2.05, 4.69) is 0 Å². The summed E-state index contributed by atoms with van der Waals surface area (Å²) >= 11 is 0. The molecular formula is C26H38N2O7S. The van der Waals surface area contributed by atoms with Gasteiger partial charge in [-0.1, -0.05) is 30.3 Å². The van der Waals surface area contributed by atoms with Gasteiger partial charge in [-0.2, -0.15) is 0 Å². The Bertz CT molecular complexity index is 1050. The lowest BCUT2D eigenvalue weighted by Gasteiger charge is -2.42. The Morgan fingerprint density at radius 3 is 2.36 bits per heavy atom. The summed E-state index contributed by atoms with van der Waals surface area (Å²) in [6, 6.07) is 8.86. The predicted molar refractivity (Wildman–Crippen MR) is 135 cm³/mol. The molecule has 3 rings (SSSR count). The van der Waals surface area contributed by atoms with E-state index in [9.17, 15) is 22.8 Å². The van der Waals surface area contributed by atoms with Gasteiger partial charge in [-0.3, -0.25) is 9.59 Å². The third-order valence-electron chi connectivity index (χ3n) is 6.66. The molecule has 2 fully saturated rings. The van der Waals surface area contributed by atoms with Gasteiger partial charge in [0.15, 0.2) is 9.84 Å². The first kappa shape index (κ1) is 28.0. The minimum Gasteiger partial charge on any atom is -0.460 e. The number of carbonyl (C=O) groups is 3. The summed E-state index contributed by atoms with van der Waals surface area (Å²) < 4.78 is 36.5. The molecule has 0 radical (unpaired) electrons. The number of amides is 2. The van der Waals surface area contributed by atoms with Gasteiger partial charge in [0.05, 0.1) is 11.0 Å². The first-order valence-electron chi connectivity index (χ1n) is 12.5. The number of nitrogens with zero attached hydrogens (tertiary/aromatic N) is 2. The maximum atomic E-state index is 13.3. The molecule has 0 aromatic heterocycles. The summed E-state index contributed by atoms with van der Waals surface area (Å²) in [5.74, 6) is -2.44. The minimum atomic E-state index is -3.44. The molecule has 1 aromatic carbocycles. The highest BCUT2D eigenvalue weighted by Gasteiger charge is 2.46. The lowest BCUT2D eigenvalue weighted by atomic mass is 9.92. The number of hydrogen-bond acceptors (Lipinski definition) is 7. The van der Waals surface area contributed by atoms with E-state index in [1.165, 1.54) is 4.90 Å². The third kappa shape index (κ3) is 6.99. The van der Waals surface area contributed by atoms with Crippen LogP contribution >= 0.6 is 0 Å². The maximum absolute atomic E-state index is 13.3. The molecule has 0 saturated carbocycles. The van der Waals surface area contributed by atoms with Gasteiger partial charge in [0, 0.05) is 31.6 Å². The van der Waals surface area contributed by atoms with Gasteiger partial charge in [0.2, 0.25) is 5.91 Å². The summed E-state index contributed by atoms with van der Waals surface area (Å²) in [5.41, 5.74) is 0.160. The number of piperidine rings is 1. The number of likely N-dealkylation sites (tertiary alicyclic amines) is 2. The van der Waals surface area contributed by atoms with Crippen LogP contribution in [0, 0.1) is 11.8 Å². The van der Waals surface area contributed by atoms with Crippen LogP contribution in [-0.4, -0.2) is 78.5 Å². The maximum Gasteiger partial charge on any atom is 0.410 e. The first-order chi connectivity index (χ1) is 16.8. The molecule has 3 atom stereocenters. The minimum absolute atomic E-state index is 0.0903. The molecule has 36 heavy (non-hydrogen) atoms. The SMILES string of the molecule is CC(C)S(=O)(=O)C[C@@H]1CN(C(=O)OC(C)(C)C)CC[C@@H]1N1CCC(C(=O)OCc2ccccc2)C1=O. The molecule has 0 aliphatic carbocycles. The zero-order valence-electron chi connectivity index (χ0n) is 21.8. The van der Waals surface area contributed by atoms with Gasteiger partial charge in [-0.15, -0.1) is 0 Å². The Morgan fingerprint density at radius 1 is 1.08 bits per heavy atom. The van der Waals surface area contributed by atoms with Crippen molar-refractivity contribution in [3.8, 4) is 0 Å². The largest absolute Gasteiger partial charge is 0.460 e. The van der Waals surface area contributed by atoms with Gasteiger partial charge in [0.1, 0.15) is 18.1 Å². The van der Waals surface area contributed by atoms with Crippen molar-refractivity contribution in [3.63, 3.8) is 0 Å². The standard InChI is InChI=1S/C26H38N2O7S/c1-18(2)36(32,33)17-20-15-27(25(31)35-26(3,4)5)13-12-22(20)28-14-11-21(23(28)29)24(30)34-16-19-9-7-6-8-10-19/h6-10,18,20-22H,11-17H2,1-5H3/t20-,21?,22-/m0/s1. The molecule has 9 nitrogen and oxygen atoms in total. The quantitative estimate of drug-likeness (QED) is 0.400. The van der Waals surface area contributed by atoms with Gasteiger partial charge < -0.3 is 19.3 Å². The van der Waals surface area contributed by atoms with Crippen LogP contribution in [0.25, 0.3) is 0 Å². The van der Waals surface area contributed by atoms with Crippen LogP contribution in [0.2, 0.25) is 0 Å². The molecule has 1 aromatic rings. The number of rotatable bonds is 7. The second-order valence-corrected chi connectivity index (χ2v) is 13.5. The van der Waals surface area contributed by atoms with Gasteiger partial charge in [0.25, 0.3) is 0 Å². The lowest BCUT2D eigenvalue weighted by Crippen LogP contribution is -2.56. The second kappa shape index (κ2) is 11.2. The highest BCUT2D eigenvalue weighted by atomic mass is 32.2. The smallest absolute Gasteiger partial charge is 0.410 e. The number of esters is 1. The molecule has 0 bridgehead atoms. The number of hydrogen-bond donors (Lipinski definition) is 0. The summed E-state index contributed by atoms with van der Waals surface area (Å²) in [6.45, 7) is 9.52. The molecule has 10 heteroatoms. The van der Waals surface area contributed by atoms with E-state index in [-0.39, 0.29) is 24.8 Å². The Kier molecular flexibility index (Phi) is 8.69. The van der Waals surface area contributed by atoms with E-state index in [0.29, 0.717) is 25.9 Å². The van der Waals surface area contributed by atoms with Crippen LogP contribution < -0.4 is 0 Å². The summed E-state index contributed by atoms with van der Waals surface area (Å²) in [7, 11) is -3.44. The summed E-state index contributed by atoms with van der Waals surface area (Å²) in [5, 5.41) is -0.579. The monoisotopic (exact) mass is 522 g/mol. The molecule has 0 spiro atoms. The van der Waals surface area contributed by atoms with E-state index >= 15 is 0 Å². The molecule has 2 saturated heterocycles.